The lowest BCUT2D eigenvalue weighted by atomic mass is 10.1. The van der Waals surface area contributed by atoms with Gasteiger partial charge in [0.25, 0.3) is 0 Å². The number of rotatable bonds is 10. The Balaban J connectivity index is 0.00000625. The van der Waals surface area contributed by atoms with Gasteiger partial charge in [0, 0.05) is 20.1 Å². The number of carbonyl (C=O) groups excluding carboxylic acids is 1. The lowest BCUT2D eigenvalue weighted by molar-refractivity contribution is -0.140. The summed E-state index contributed by atoms with van der Waals surface area (Å²) in [6.45, 7) is 3.82. The minimum atomic E-state index is -0.243. The van der Waals surface area contributed by atoms with E-state index in [1.165, 1.54) is 12.7 Å². The predicted molar refractivity (Wildman–Crippen MR) is 114 cm³/mol. The summed E-state index contributed by atoms with van der Waals surface area (Å²) in [6.07, 6.45) is 2.16. The van der Waals surface area contributed by atoms with E-state index in [-0.39, 0.29) is 29.9 Å². The molecule has 0 spiro atoms. The molecular formula is C18H30IN3O4. The second-order valence-corrected chi connectivity index (χ2v) is 5.27. The highest BCUT2D eigenvalue weighted by atomic mass is 127. The van der Waals surface area contributed by atoms with Crippen LogP contribution in [0.5, 0.6) is 11.5 Å². The van der Waals surface area contributed by atoms with Crippen molar-refractivity contribution in [2.75, 3.05) is 41.0 Å². The van der Waals surface area contributed by atoms with Gasteiger partial charge in [0.15, 0.2) is 17.5 Å². The Morgan fingerprint density at radius 1 is 1.15 bits per heavy atom. The SMILES string of the molecule is CCOc1cc(CCCNC(=NC)NCCC(=O)OC)ccc1OC.I. The van der Waals surface area contributed by atoms with Crippen LogP contribution in [0, 0.1) is 0 Å². The Kier molecular flexibility index (Phi) is 13.5. The van der Waals surface area contributed by atoms with E-state index in [2.05, 4.69) is 20.4 Å². The molecule has 0 aromatic heterocycles. The Bertz CT molecular complexity index is 567. The molecule has 0 radical (unpaired) electrons. The van der Waals surface area contributed by atoms with Gasteiger partial charge in [-0.1, -0.05) is 6.07 Å². The Hall–Kier alpha value is -1.71. The molecule has 0 aliphatic carbocycles. The smallest absolute Gasteiger partial charge is 0.307 e. The molecule has 2 N–H and O–H groups in total. The third-order valence-electron chi connectivity index (χ3n) is 3.54. The molecule has 0 aliphatic rings. The van der Waals surface area contributed by atoms with Crippen LogP contribution in [0.15, 0.2) is 23.2 Å². The van der Waals surface area contributed by atoms with Crippen LogP contribution in [-0.4, -0.2) is 52.9 Å². The Labute approximate surface area is 172 Å². The van der Waals surface area contributed by atoms with E-state index in [9.17, 15) is 4.79 Å². The number of guanidine groups is 1. The molecule has 0 amide bonds. The highest BCUT2D eigenvalue weighted by Gasteiger charge is 2.06. The number of nitrogens with zero attached hydrogens (tertiary/aromatic N) is 1. The average Bonchev–Trinajstić information content (AvgIpc) is 2.63. The fraction of sp³-hybridized carbons (Fsp3) is 0.556. The number of benzene rings is 1. The quantitative estimate of drug-likeness (QED) is 0.176. The van der Waals surface area contributed by atoms with Crippen molar-refractivity contribution in [1.82, 2.24) is 10.6 Å². The number of aryl methyl sites for hydroxylation is 1. The van der Waals surface area contributed by atoms with Gasteiger partial charge < -0.3 is 24.8 Å². The molecule has 0 saturated heterocycles. The van der Waals surface area contributed by atoms with Crippen molar-refractivity contribution in [3.8, 4) is 11.5 Å². The standard InChI is InChI=1S/C18H29N3O4.HI/c1-5-25-16-13-14(8-9-15(16)23-3)7-6-11-20-18(19-2)21-12-10-17(22)24-4;/h8-9,13H,5-7,10-12H2,1-4H3,(H2,19,20,21);1H. The summed E-state index contributed by atoms with van der Waals surface area (Å²) in [5.74, 6) is 1.95. The van der Waals surface area contributed by atoms with Gasteiger partial charge in [-0.25, -0.2) is 0 Å². The van der Waals surface area contributed by atoms with Gasteiger partial charge in [0.1, 0.15) is 0 Å². The molecule has 0 heterocycles. The first-order valence-electron chi connectivity index (χ1n) is 8.45. The molecule has 0 unspecified atom stereocenters. The number of nitrogens with one attached hydrogen (secondary N) is 2. The first-order valence-corrected chi connectivity index (χ1v) is 8.45. The molecule has 0 atom stereocenters. The van der Waals surface area contributed by atoms with E-state index in [1.54, 1.807) is 14.2 Å². The second-order valence-electron chi connectivity index (χ2n) is 5.27. The van der Waals surface area contributed by atoms with Crippen molar-refractivity contribution >= 4 is 35.9 Å². The molecule has 0 saturated carbocycles. The van der Waals surface area contributed by atoms with E-state index in [0.29, 0.717) is 25.5 Å². The summed E-state index contributed by atoms with van der Waals surface area (Å²) in [4.78, 5) is 15.2. The number of esters is 1. The lowest BCUT2D eigenvalue weighted by Crippen LogP contribution is -2.38. The van der Waals surface area contributed by atoms with Crippen LogP contribution in [-0.2, 0) is 16.0 Å². The Morgan fingerprint density at radius 2 is 1.88 bits per heavy atom. The maximum atomic E-state index is 11.1. The fourth-order valence-corrected chi connectivity index (χ4v) is 2.25. The van der Waals surface area contributed by atoms with Crippen molar-refractivity contribution < 1.29 is 19.0 Å². The number of ether oxygens (including phenoxy) is 3. The van der Waals surface area contributed by atoms with Gasteiger partial charge in [-0.3, -0.25) is 9.79 Å². The van der Waals surface area contributed by atoms with Crippen molar-refractivity contribution in [2.24, 2.45) is 4.99 Å². The zero-order chi connectivity index (χ0) is 18.5. The van der Waals surface area contributed by atoms with Crippen molar-refractivity contribution in [3.63, 3.8) is 0 Å². The fourth-order valence-electron chi connectivity index (χ4n) is 2.25. The van der Waals surface area contributed by atoms with Crippen LogP contribution >= 0.6 is 24.0 Å². The summed E-state index contributed by atoms with van der Waals surface area (Å²) in [5.41, 5.74) is 1.19. The molecule has 1 aromatic carbocycles. The molecule has 7 nitrogen and oxygen atoms in total. The Morgan fingerprint density at radius 3 is 2.50 bits per heavy atom. The van der Waals surface area contributed by atoms with Crippen molar-refractivity contribution in [3.05, 3.63) is 23.8 Å². The minimum Gasteiger partial charge on any atom is -0.493 e. The molecule has 0 bridgehead atoms. The largest absolute Gasteiger partial charge is 0.493 e. The maximum Gasteiger partial charge on any atom is 0.307 e. The number of methoxy groups -OCH3 is 2. The van der Waals surface area contributed by atoms with Crippen molar-refractivity contribution in [1.29, 1.82) is 0 Å². The first kappa shape index (κ1) is 24.3. The highest BCUT2D eigenvalue weighted by Crippen LogP contribution is 2.28. The molecule has 0 aliphatic heterocycles. The van der Waals surface area contributed by atoms with Gasteiger partial charge >= 0.3 is 5.97 Å². The monoisotopic (exact) mass is 479 g/mol. The molecule has 26 heavy (non-hydrogen) atoms. The van der Waals surface area contributed by atoms with E-state index in [1.807, 2.05) is 25.1 Å². The molecular weight excluding hydrogens is 449 g/mol. The van der Waals surface area contributed by atoms with E-state index in [4.69, 9.17) is 9.47 Å². The van der Waals surface area contributed by atoms with Crippen LogP contribution in [0.1, 0.15) is 25.3 Å². The summed E-state index contributed by atoms with van der Waals surface area (Å²) in [6, 6.07) is 6.00. The van der Waals surface area contributed by atoms with Gasteiger partial charge in [0.05, 0.1) is 27.2 Å². The molecule has 8 heteroatoms. The second kappa shape index (κ2) is 14.5. The zero-order valence-corrected chi connectivity index (χ0v) is 18.3. The number of hydrogen-bond acceptors (Lipinski definition) is 5. The molecule has 148 valence electrons. The normalized spacial score (nSPS) is 10.5. The number of hydrogen-bond donors (Lipinski definition) is 2. The van der Waals surface area contributed by atoms with E-state index in [0.717, 1.165) is 30.9 Å². The summed E-state index contributed by atoms with van der Waals surface area (Å²) in [7, 11) is 4.72. The summed E-state index contributed by atoms with van der Waals surface area (Å²) >= 11 is 0. The maximum absolute atomic E-state index is 11.1. The van der Waals surface area contributed by atoms with Gasteiger partial charge in [-0.15, -0.1) is 24.0 Å². The van der Waals surface area contributed by atoms with Crippen LogP contribution in [0.3, 0.4) is 0 Å². The molecule has 1 aromatic rings. The third kappa shape index (κ3) is 9.12. The van der Waals surface area contributed by atoms with Crippen LogP contribution in [0.4, 0.5) is 0 Å². The highest BCUT2D eigenvalue weighted by molar-refractivity contribution is 14.0. The van der Waals surface area contributed by atoms with Crippen LogP contribution in [0.25, 0.3) is 0 Å². The van der Waals surface area contributed by atoms with Gasteiger partial charge in [0.2, 0.25) is 0 Å². The van der Waals surface area contributed by atoms with Gasteiger partial charge in [-0.2, -0.15) is 0 Å². The number of carbonyl (C=O) groups is 1. The van der Waals surface area contributed by atoms with E-state index >= 15 is 0 Å². The topological polar surface area (TPSA) is 81.2 Å². The van der Waals surface area contributed by atoms with Crippen molar-refractivity contribution in [2.45, 2.75) is 26.2 Å². The zero-order valence-electron chi connectivity index (χ0n) is 16.0. The van der Waals surface area contributed by atoms with Crippen LogP contribution < -0.4 is 20.1 Å². The predicted octanol–water partition coefficient (Wildman–Crippen LogP) is 2.37. The number of halogens is 1. The van der Waals surface area contributed by atoms with Crippen LogP contribution in [0.2, 0.25) is 0 Å². The van der Waals surface area contributed by atoms with E-state index < -0.39 is 0 Å². The lowest BCUT2D eigenvalue weighted by Gasteiger charge is -2.13. The molecule has 1 rings (SSSR count). The first-order chi connectivity index (χ1) is 12.1. The average molecular weight is 479 g/mol. The summed E-state index contributed by atoms with van der Waals surface area (Å²) < 4.78 is 15.5. The third-order valence-corrected chi connectivity index (χ3v) is 3.54. The minimum absolute atomic E-state index is 0. The van der Waals surface area contributed by atoms with Gasteiger partial charge in [-0.05, 0) is 37.5 Å². The summed E-state index contributed by atoms with van der Waals surface area (Å²) in [5, 5.41) is 6.30. The number of aliphatic imine (C=N–C) groups is 1. The molecule has 0 fully saturated rings.